The highest BCUT2D eigenvalue weighted by molar-refractivity contribution is 7.99. The summed E-state index contributed by atoms with van der Waals surface area (Å²) in [5, 5.41) is 3.16. The fourth-order valence-electron chi connectivity index (χ4n) is 1.83. The number of nitrogens with zero attached hydrogens (tertiary/aromatic N) is 3. The van der Waals surface area contributed by atoms with Crippen LogP contribution in [0.3, 0.4) is 0 Å². The molecule has 0 saturated heterocycles. The molecule has 0 atom stereocenters. The van der Waals surface area contributed by atoms with Crippen LogP contribution >= 0.6 is 11.8 Å². The van der Waals surface area contributed by atoms with Crippen molar-refractivity contribution in [3.05, 3.63) is 29.3 Å². The minimum absolute atomic E-state index is 0.0414. The number of hydrogen-bond acceptors (Lipinski definition) is 7. The largest absolute Gasteiger partial charge is 0.368 e. The van der Waals surface area contributed by atoms with Gasteiger partial charge in [0.15, 0.2) is 5.16 Å². The third-order valence-electron chi connectivity index (χ3n) is 2.49. The van der Waals surface area contributed by atoms with Crippen LogP contribution in [0.2, 0.25) is 0 Å². The van der Waals surface area contributed by atoms with Crippen molar-refractivity contribution >= 4 is 35.3 Å². The van der Waals surface area contributed by atoms with Crippen molar-refractivity contribution in [2.45, 2.75) is 19.0 Å². The maximum atomic E-state index is 11.9. The first-order valence-corrected chi connectivity index (χ1v) is 7.19. The Morgan fingerprint density at radius 2 is 1.67 bits per heavy atom. The summed E-state index contributed by atoms with van der Waals surface area (Å²) in [5.41, 5.74) is 13.9. The Kier molecular flexibility index (Phi) is 4.59. The van der Waals surface area contributed by atoms with Gasteiger partial charge in [-0.1, -0.05) is 17.8 Å². The van der Waals surface area contributed by atoms with Gasteiger partial charge in [0, 0.05) is 5.69 Å². The molecule has 1 aromatic carbocycles. The molecule has 21 heavy (non-hydrogen) atoms. The molecule has 0 spiro atoms. The Hall–Kier alpha value is -2.35. The SMILES string of the molecule is Cc1cc(C)cc(NC(=O)CSc2nc(N)nc(N)n2)c1. The van der Waals surface area contributed by atoms with Crippen molar-refractivity contribution in [2.75, 3.05) is 22.5 Å². The number of aryl methyl sites for hydroxylation is 2. The van der Waals surface area contributed by atoms with E-state index in [0.29, 0.717) is 5.16 Å². The van der Waals surface area contributed by atoms with Gasteiger partial charge >= 0.3 is 0 Å². The minimum Gasteiger partial charge on any atom is -0.368 e. The first-order valence-electron chi connectivity index (χ1n) is 6.20. The van der Waals surface area contributed by atoms with Gasteiger partial charge in [0.05, 0.1) is 5.75 Å². The van der Waals surface area contributed by atoms with Gasteiger partial charge in [-0.25, -0.2) is 0 Å². The van der Waals surface area contributed by atoms with Crippen molar-refractivity contribution in [1.82, 2.24) is 15.0 Å². The van der Waals surface area contributed by atoms with E-state index in [1.54, 1.807) is 0 Å². The third kappa shape index (κ3) is 4.60. The maximum absolute atomic E-state index is 11.9. The summed E-state index contributed by atoms with van der Waals surface area (Å²) < 4.78 is 0. The Morgan fingerprint density at radius 1 is 1.10 bits per heavy atom. The second kappa shape index (κ2) is 6.40. The van der Waals surface area contributed by atoms with Gasteiger partial charge in [-0.3, -0.25) is 4.79 Å². The number of thioether (sulfide) groups is 1. The smallest absolute Gasteiger partial charge is 0.234 e. The summed E-state index contributed by atoms with van der Waals surface area (Å²) in [6, 6.07) is 5.86. The van der Waals surface area contributed by atoms with Crippen LogP contribution in [0.4, 0.5) is 17.6 Å². The quantitative estimate of drug-likeness (QED) is 0.730. The predicted octanol–water partition coefficient (Wildman–Crippen LogP) is 1.38. The Bertz CT molecular complexity index is 635. The van der Waals surface area contributed by atoms with Crippen molar-refractivity contribution < 1.29 is 4.79 Å². The van der Waals surface area contributed by atoms with Crippen LogP contribution < -0.4 is 16.8 Å². The highest BCUT2D eigenvalue weighted by Gasteiger charge is 2.08. The fraction of sp³-hybridized carbons (Fsp3) is 0.231. The summed E-state index contributed by atoms with van der Waals surface area (Å²) in [5.74, 6) is 0.0950. The molecule has 7 nitrogen and oxygen atoms in total. The van der Waals surface area contributed by atoms with E-state index in [9.17, 15) is 4.79 Å². The van der Waals surface area contributed by atoms with E-state index in [1.165, 1.54) is 0 Å². The molecule has 0 saturated carbocycles. The molecule has 1 aromatic heterocycles. The Morgan fingerprint density at radius 3 is 2.24 bits per heavy atom. The van der Waals surface area contributed by atoms with Crippen molar-refractivity contribution in [3.63, 3.8) is 0 Å². The predicted molar refractivity (Wildman–Crippen MR) is 83.9 cm³/mol. The van der Waals surface area contributed by atoms with Crippen LogP contribution in [-0.4, -0.2) is 26.6 Å². The summed E-state index contributed by atoms with van der Waals surface area (Å²) in [7, 11) is 0. The number of hydrogen-bond donors (Lipinski definition) is 3. The summed E-state index contributed by atoms with van der Waals surface area (Å²) in [6.07, 6.45) is 0. The van der Waals surface area contributed by atoms with Crippen molar-refractivity contribution in [2.24, 2.45) is 0 Å². The van der Waals surface area contributed by atoms with E-state index in [4.69, 9.17) is 11.5 Å². The molecule has 0 unspecified atom stereocenters. The van der Waals surface area contributed by atoms with Gasteiger partial charge < -0.3 is 16.8 Å². The molecule has 2 aromatic rings. The van der Waals surface area contributed by atoms with E-state index in [1.807, 2.05) is 32.0 Å². The number of aromatic nitrogens is 3. The molecule has 0 aliphatic heterocycles. The summed E-state index contributed by atoms with van der Waals surface area (Å²) in [6.45, 7) is 3.96. The zero-order valence-electron chi connectivity index (χ0n) is 11.8. The monoisotopic (exact) mass is 304 g/mol. The zero-order valence-corrected chi connectivity index (χ0v) is 12.6. The van der Waals surface area contributed by atoms with Crippen LogP contribution in [0.1, 0.15) is 11.1 Å². The number of nitrogen functional groups attached to an aromatic ring is 2. The number of nitrogens with one attached hydrogen (secondary N) is 1. The van der Waals surface area contributed by atoms with Gasteiger partial charge in [-0.05, 0) is 37.1 Å². The number of rotatable bonds is 4. The second-order valence-corrected chi connectivity index (χ2v) is 5.49. The molecule has 0 radical (unpaired) electrons. The first kappa shape index (κ1) is 15.0. The fourth-order valence-corrected chi connectivity index (χ4v) is 2.48. The molecule has 2 rings (SSSR count). The van der Waals surface area contributed by atoms with Gasteiger partial charge in [0.1, 0.15) is 0 Å². The lowest BCUT2D eigenvalue weighted by Crippen LogP contribution is -2.15. The molecule has 0 fully saturated rings. The number of anilines is 3. The molecule has 1 amide bonds. The average Bonchev–Trinajstić information content (AvgIpc) is 2.34. The average molecular weight is 304 g/mol. The molecule has 0 aliphatic rings. The topological polar surface area (TPSA) is 120 Å². The van der Waals surface area contributed by atoms with Crippen LogP contribution in [0, 0.1) is 13.8 Å². The highest BCUT2D eigenvalue weighted by atomic mass is 32.2. The lowest BCUT2D eigenvalue weighted by atomic mass is 10.1. The maximum Gasteiger partial charge on any atom is 0.234 e. The van der Waals surface area contributed by atoms with Crippen LogP contribution in [-0.2, 0) is 4.79 Å². The molecule has 110 valence electrons. The lowest BCUT2D eigenvalue weighted by Gasteiger charge is -2.07. The summed E-state index contributed by atoms with van der Waals surface area (Å²) >= 11 is 1.15. The van der Waals surface area contributed by atoms with Gasteiger partial charge in [-0.15, -0.1) is 0 Å². The van der Waals surface area contributed by atoms with Gasteiger partial charge in [0.2, 0.25) is 17.8 Å². The van der Waals surface area contributed by atoms with E-state index < -0.39 is 0 Å². The summed E-state index contributed by atoms with van der Waals surface area (Å²) in [4.78, 5) is 23.4. The standard InChI is InChI=1S/C13H16N6OS/c1-7-3-8(2)5-9(4-7)16-10(20)6-21-13-18-11(14)17-12(15)19-13/h3-5H,6H2,1-2H3,(H,16,20)(H4,14,15,17,18,19). The molecule has 8 heteroatoms. The van der Waals surface area contributed by atoms with Gasteiger partial charge in [-0.2, -0.15) is 15.0 Å². The highest BCUT2D eigenvalue weighted by Crippen LogP contribution is 2.17. The van der Waals surface area contributed by atoms with E-state index >= 15 is 0 Å². The van der Waals surface area contributed by atoms with E-state index in [0.717, 1.165) is 28.6 Å². The number of carbonyl (C=O) groups excluding carboxylic acids is 1. The van der Waals surface area contributed by atoms with Crippen molar-refractivity contribution in [1.29, 1.82) is 0 Å². The number of carbonyl (C=O) groups is 1. The molecular formula is C13H16N6OS. The van der Waals surface area contributed by atoms with Gasteiger partial charge in [0.25, 0.3) is 0 Å². The second-order valence-electron chi connectivity index (χ2n) is 4.55. The number of nitrogens with two attached hydrogens (primary N) is 2. The van der Waals surface area contributed by atoms with Crippen LogP contribution in [0.25, 0.3) is 0 Å². The van der Waals surface area contributed by atoms with Crippen LogP contribution in [0.15, 0.2) is 23.4 Å². The molecule has 1 heterocycles. The van der Waals surface area contributed by atoms with E-state index in [-0.39, 0.29) is 23.6 Å². The number of amides is 1. The normalized spacial score (nSPS) is 10.4. The zero-order chi connectivity index (χ0) is 15.4. The first-order chi connectivity index (χ1) is 9.92. The molecular weight excluding hydrogens is 288 g/mol. The van der Waals surface area contributed by atoms with E-state index in [2.05, 4.69) is 20.3 Å². The third-order valence-corrected chi connectivity index (χ3v) is 3.33. The Balaban J connectivity index is 1.95. The lowest BCUT2D eigenvalue weighted by molar-refractivity contribution is -0.113. The minimum atomic E-state index is -0.150. The molecule has 0 bridgehead atoms. The molecule has 5 N–H and O–H groups in total. The van der Waals surface area contributed by atoms with Crippen molar-refractivity contribution in [3.8, 4) is 0 Å². The Labute approximate surface area is 126 Å². The van der Waals surface area contributed by atoms with Crippen LogP contribution in [0.5, 0.6) is 0 Å². The molecule has 0 aliphatic carbocycles. The number of benzene rings is 1.